The summed E-state index contributed by atoms with van der Waals surface area (Å²) in [6.07, 6.45) is 0. The van der Waals surface area contributed by atoms with Crippen LogP contribution in [0.5, 0.6) is 0 Å². The highest BCUT2D eigenvalue weighted by molar-refractivity contribution is 5.94. The second-order valence-electron chi connectivity index (χ2n) is 9.97. The Balaban J connectivity index is 1.60. The smallest absolute Gasteiger partial charge is 0.273 e. The topological polar surface area (TPSA) is 66.7 Å². The molecule has 0 unspecified atom stereocenters. The minimum atomic E-state index is -0.344. The first-order valence-corrected chi connectivity index (χ1v) is 12.4. The van der Waals surface area contributed by atoms with Gasteiger partial charge < -0.3 is 4.90 Å². The Labute approximate surface area is 211 Å². The van der Waals surface area contributed by atoms with Crippen molar-refractivity contribution in [2.45, 2.75) is 26.3 Å². The number of nitrogens with zero attached hydrogens (tertiary/aromatic N) is 3. The van der Waals surface area contributed by atoms with Crippen LogP contribution in [0.25, 0.3) is 0 Å². The van der Waals surface area contributed by atoms with E-state index < -0.39 is 0 Å². The van der Waals surface area contributed by atoms with Gasteiger partial charge in [-0.2, -0.15) is 0 Å². The molecule has 3 aromatic carbocycles. The Morgan fingerprint density at radius 1 is 1.03 bits per heavy atom. The van der Waals surface area contributed by atoms with E-state index in [-0.39, 0.29) is 34.2 Å². The summed E-state index contributed by atoms with van der Waals surface area (Å²) >= 11 is 0. The van der Waals surface area contributed by atoms with Crippen molar-refractivity contribution in [2.75, 3.05) is 26.2 Å². The number of halogens is 1. The van der Waals surface area contributed by atoms with Crippen LogP contribution in [0.4, 0.5) is 10.1 Å². The van der Waals surface area contributed by atoms with Gasteiger partial charge in [0.05, 0.1) is 4.92 Å². The Morgan fingerprint density at radius 2 is 1.69 bits per heavy atom. The molecule has 6 nitrogen and oxygen atoms in total. The lowest BCUT2D eigenvalue weighted by atomic mass is 9.88. The van der Waals surface area contributed by atoms with Gasteiger partial charge in [-0.25, -0.2) is 4.39 Å². The summed E-state index contributed by atoms with van der Waals surface area (Å²) in [6, 6.07) is 22.7. The number of likely N-dealkylation sites (tertiary alicyclic amines) is 1. The summed E-state index contributed by atoms with van der Waals surface area (Å²) in [6.45, 7) is 7.19. The minimum absolute atomic E-state index is 0.000645. The molecule has 1 saturated heterocycles. The third-order valence-electron chi connectivity index (χ3n) is 6.75. The molecule has 0 saturated carbocycles. The van der Waals surface area contributed by atoms with Gasteiger partial charge in [0.15, 0.2) is 0 Å². The van der Waals surface area contributed by atoms with Crippen LogP contribution in [0.15, 0.2) is 78.9 Å². The molecular formula is C29H32FN3O3. The summed E-state index contributed by atoms with van der Waals surface area (Å²) in [5.41, 5.74) is 2.45. The fourth-order valence-electron chi connectivity index (χ4n) is 5.15. The summed E-state index contributed by atoms with van der Waals surface area (Å²) < 4.78 is 13.7. The van der Waals surface area contributed by atoms with Crippen molar-refractivity contribution in [1.82, 2.24) is 9.80 Å². The fraction of sp³-hybridized carbons (Fsp3) is 0.345. The number of rotatable bonds is 9. The zero-order valence-electron chi connectivity index (χ0n) is 20.7. The number of amides is 1. The van der Waals surface area contributed by atoms with Crippen molar-refractivity contribution in [1.29, 1.82) is 0 Å². The lowest BCUT2D eigenvalue weighted by molar-refractivity contribution is -0.385. The minimum Gasteiger partial charge on any atom is -0.338 e. The second kappa shape index (κ2) is 11.4. The van der Waals surface area contributed by atoms with Crippen LogP contribution < -0.4 is 0 Å². The van der Waals surface area contributed by atoms with E-state index in [9.17, 15) is 19.3 Å². The molecule has 7 heteroatoms. The van der Waals surface area contributed by atoms with Crippen LogP contribution in [0, 0.1) is 27.8 Å². The standard InChI is InChI=1S/C29H32FN3O3/c1-21(2)16-32(29(34)23-8-4-3-5-9-23)19-25-18-31(17-24-10-6-7-11-28(24)33(35)36)20-27(25)22-12-14-26(30)15-13-22/h3-15,21,25,27H,16-20H2,1-2H3/t25-,27+/m1/s1. The zero-order valence-corrected chi connectivity index (χ0v) is 20.7. The number of benzene rings is 3. The molecule has 1 fully saturated rings. The first-order chi connectivity index (χ1) is 17.3. The number of para-hydroxylation sites is 1. The van der Waals surface area contributed by atoms with E-state index in [2.05, 4.69) is 18.7 Å². The van der Waals surface area contributed by atoms with Gasteiger partial charge in [-0.3, -0.25) is 19.8 Å². The lowest BCUT2D eigenvalue weighted by Gasteiger charge is -2.30. The van der Waals surface area contributed by atoms with E-state index in [0.717, 1.165) is 5.56 Å². The molecule has 0 spiro atoms. The quantitative estimate of drug-likeness (QED) is 0.284. The van der Waals surface area contributed by atoms with Gasteiger partial charge in [-0.15, -0.1) is 0 Å². The molecule has 0 aliphatic carbocycles. The zero-order chi connectivity index (χ0) is 25.7. The van der Waals surface area contributed by atoms with E-state index in [0.29, 0.717) is 49.8 Å². The van der Waals surface area contributed by atoms with Crippen molar-refractivity contribution < 1.29 is 14.1 Å². The molecule has 36 heavy (non-hydrogen) atoms. The molecule has 0 aromatic heterocycles. The molecule has 0 N–H and O–H groups in total. The summed E-state index contributed by atoms with van der Waals surface area (Å²) in [7, 11) is 0. The highest BCUT2D eigenvalue weighted by atomic mass is 19.1. The highest BCUT2D eigenvalue weighted by Crippen LogP contribution is 2.35. The lowest BCUT2D eigenvalue weighted by Crippen LogP contribution is -2.39. The Hall–Kier alpha value is -3.58. The number of nitro benzene ring substituents is 1. The summed E-state index contributed by atoms with van der Waals surface area (Å²) in [5.74, 6) is 0.188. The van der Waals surface area contributed by atoms with Crippen molar-refractivity contribution in [3.8, 4) is 0 Å². The summed E-state index contributed by atoms with van der Waals surface area (Å²) in [5, 5.41) is 11.5. The molecule has 2 atom stereocenters. The molecule has 4 rings (SSSR count). The Bertz CT molecular complexity index is 1180. The largest absolute Gasteiger partial charge is 0.338 e. The van der Waals surface area contributed by atoms with Gasteiger partial charge in [-0.1, -0.05) is 62.4 Å². The predicted molar refractivity (Wildman–Crippen MR) is 138 cm³/mol. The van der Waals surface area contributed by atoms with Gasteiger partial charge in [0.1, 0.15) is 5.82 Å². The van der Waals surface area contributed by atoms with Gasteiger partial charge in [0.25, 0.3) is 11.6 Å². The Morgan fingerprint density at radius 3 is 2.36 bits per heavy atom. The van der Waals surface area contributed by atoms with Crippen LogP contribution in [0.1, 0.15) is 41.3 Å². The fourth-order valence-corrected chi connectivity index (χ4v) is 5.15. The first kappa shape index (κ1) is 25.5. The first-order valence-electron chi connectivity index (χ1n) is 12.4. The van der Waals surface area contributed by atoms with Gasteiger partial charge in [0, 0.05) is 55.8 Å². The molecule has 0 radical (unpaired) electrons. The van der Waals surface area contributed by atoms with Crippen LogP contribution in [-0.2, 0) is 6.54 Å². The maximum atomic E-state index is 13.7. The van der Waals surface area contributed by atoms with Crippen molar-refractivity contribution >= 4 is 11.6 Å². The third kappa shape index (κ3) is 6.15. The molecule has 188 valence electrons. The number of carbonyl (C=O) groups excluding carboxylic acids is 1. The third-order valence-corrected chi connectivity index (χ3v) is 6.75. The number of hydrogen-bond acceptors (Lipinski definition) is 4. The average Bonchev–Trinajstić information content (AvgIpc) is 3.26. The molecule has 1 aliphatic rings. The van der Waals surface area contributed by atoms with Crippen LogP contribution in [-0.4, -0.2) is 46.8 Å². The monoisotopic (exact) mass is 489 g/mol. The van der Waals surface area contributed by atoms with Gasteiger partial charge >= 0.3 is 0 Å². The van der Waals surface area contributed by atoms with E-state index >= 15 is 0 Å². The number of nitro groups is 1. The number of carbonyl (C=O) groups is 1. The Kier molecular flexibility index (Phi) is 8.10. The van der Waals surface area contributed by atoms with Crippen LogP contribution in [0.2, 0.25) is 0 Å². The summed E-state index contributed by atoms with van der Waals surface area (Å²) in [4.78, 5) is 28.8. The average molecular weight is 490 g/mol. The van der Waals surface area contributed by atoms with Gasteiger partial charge in [-0.05, 0) is 41.7 Å². The molecule has 0 bridgehead atoms. The maximum absolute atomic E-state index is 13.7. The molecule has 1 amide bonds. The van der Waals surface area contributed by atoms with Crippen LogP contribution in [0.3, 0.4) is 0 Å². The normalized spacial score (nSPS) is 17.9. The van der Waals surface area contributed by atoms with E-state index in [1.165, 1.54) is 18.2 Å². The van der Waals surface area contributed by atoms with Crippen molar-refractivity contribution in [2.24, 2.45) is 11.8 Å². The highest BCUT2D eigenvalue weighted by Gasteiger charge is 2.36. The van der Waals surface area contributed by atoms with Crippen molar-refractivity contribution in [3.05, 3.63) is 111 Å². The van der Waals surface area contributed by atoms with E-state index in [1.54, 1.807) is 12.1 Å². The van der Waals surface area contributed by atoms with Crippen LogP contribution >= 0.6 is 0 Å². The number of hydrogen-bond donors (Lipinski definition) is 0. The molecule has 1 heterocycles. The second-order valence-corrected chi connectivity index (χ2v) is 9.97. The molecular weight excluding hydrogens is 457 g/mol. The van der Waals surface area contributed by atoms with Crippen molar-refractivity contribution in [3.63, 3.8) is 0 Å². The van der Waals surface area contributed by atoms with E-state index in [1.807, 2.05) is 53.4 Å². The predicted octanol–water partition coefficient (Wildman–Crippen LogP) is 5.75. The van der Waals surface area contributed by atoms with Gasteiger partial charge in [0.2, 0.25) is 0 Å². The SMILES string of the molecule is CC(C)CN(C[C@H]1CN(Cc2ccccc2[N+](=O)[O-])C[C@H]1c1ccc(F)cc1)C(=O)c1ccccc1. The molecule has 3 aromatic rings. The van der Waals surface area contributed by atoms with E-state index in [4.69, 9.17) is 0 Å². The maximum Gasteiger partial charge on any atom is 0.273 e. The molecule has 1 aliphatic heterocycles.